The third-order valence-electron chi connectivity index (χ3n) is 5.35. The minimum atomic E-state index is -2.45. The van der Waals surface area contributed by atoms with Gasteiger partial charge >= 0.3 is 0 Å². The van der Waals surface area contributed by atoms with Crippen LogP contribution in [0.15, 0.2) is 54.6 Å². The van der Waals surface area contributed by atoms with E-state index in [0.717, 1.165) is 36.8 Å². The molecule has 0 spiro atoms. The third-order valence-corrected chi connectivity index (χ3v) is 6.66. The van der Waals surface area contributed by atoms with Gasteiger partial charge in [0, 0.05) is 43.3 Å². The van der Waals surface area contributed by atoms with Crippen LogP contribution in [0, 0.1) is 0 Å². The van der Waals surface area contributed by atoms with Crippen LogP contribution < -0.4 is 15.4 Å². The molecule has 2 atom stereocenters. The lowest BCUT2D eigenvalue weighted by Gasteiger charge is -2.36. The number of hydrogen-bond acceptors (Lipinski definition) is 4. The summed E-state index contributed by atoms with van der Waals surface area (Å²) in [6.07, 6.45) is 1.01. The first-order valence-corrected chi connectivity index (χ1v) is 10.9. The largest absolute Gasteiger partial charge is 0.457 e. The fraction of sp³-hybridized carbons (Fsp3) is 0.455. The molecule has 150 valence electrons. The molecule has 0 unspecified atom stereocenters. The van der Waals surface area contributed by atoms with Crippen molar-refractivity contribution in [1.29, 1.82) is 0 Å². The number of alkyl halides is 2. The van der Waals surface area contributed by atoms with Crippen LogP contribution >= 0.6 is 11.8 Å². The Balaban J connectivity index is 1.26. The predicted octanol–water partition coefficient (Wildman–Crippen LogP) is 5.00. The summed E-state index contributed by atoms with van der Waals surface area (Å²) in [4.78, 5) is 0. The maximum Gasteiger partial charge on any atom is 0.251 e. The van der Waals surface area contributed by atoms with Gasteiger partial charge < -0.3 is 15.4 Å². The minimum absolute atomic E-state index is 0.0193. The average molecular weight is 405 g/mol. The van der Waals surface area contributed by atoms with Crippen molar-refractivity contribution < 1.29 is 13.5 Å². The molecule has 2 aromatic rings. The molecular formula is C22H26F2N2OS. The van der Waals surface area contributed by atoms with E-state index in [4.69, 9.17) is 4.74 Å². The Hall–Kier alpha value is -1.63. The van der Waals surface area contributed by atoms with E-state index in [9.17, 15) is 8.78 Å². The molecule has 0 bridgehead atoms. The number of nitrogens with one attached hydrogen (secondary N) is 2. The zero-order valence-corrected chi connectivity index (χ0v) is 16.6. The maximum absolute atomic E-state index is 12.9. The molecule has 2 fully saturated rings. The molecule has 0 aromatic heterocycles. The Morgan fingerprint density at radius 3 is 2.46 bits per heavy atom. The van der Waals surface area contributed by atoms with Crippen LogP contribution in [-0.4, -0.2) is 36.8 Å². The van der Waals surface area contributed by atoms with Crippen molar-refractivity contribution in [2.75, 3.05) is 18.8 Å². The van der Waals surface area contributed by atoms with Crippen LogP contribution in [-0.2, 0) is 0 Å². The molecule has 1 heterocycles. The van der Waals surface area contributed by atoms with E-state index in [-0.39, 0.29) is 18.9 Å². The third kappa shape index (κ3) is 5.25. The summed E-state index contributed by atoms with van der Waals surface area (Å²) >= 11 is 1.95. The number of para-hydroxylation sites is 1. The van der Waals surface area contributed by atoms with Crippen LogP contribution in [0.3, 0.4) is 0 Å². The molecule has 6 heteroatoms. The van der Waals surface area contributed by atoms with Gasteiger partial charge in [-0.25, -0.2) is 8.78 Å². The van der Waals surface area contributed by atoms with Gasteiger partial charge in [-0.05, 0) is 42.0 Å². The van der Waals surface area contributed by atoms with Crippen LogP contribution in [0.5, 0.6) is 11.5 Å². The minimum Gasteiger partial charge on any atom is -0.457 e. The van der Waals surface area contributed by atoms with Crippen LogP contribution in [0.25, 0.3) is 0 Å². The molecular weight excluding hydrogens is 378 g/mol. The predicted molar refractivity (Wildman–Crippen MR) is 111 cm³/mol. The Labute approximate surface area is 169 Å². The van der Waals surface area contributed by atoms with E-state index in [1.54, 1.807) is 0 Å². The fourth-order valence-corrected chi connectivity index (χ4v) is 4.93. The Morgan fingerprint density at radius 1 is 1.04 bits per heavy atom. The second kappa shape index (κ2) is 8.80. The molecule has 1 saturated carbocycles. The zero-order valence-electron chi connectivity index (χ0n) is 15.7. The maximum atomic E-state index is 12.9. The van der Waals surface area contributed by atoms with Crippen LogP contribution in [0.2, 0.25) is 0 Å². The number of hydrogen-bond donors (Lipinski definition) is 2. The number of ether oxygens (including phenoxy) is 1. The highest BCUT2D eigenvalue weighted by Crippen LogP contribution is 2.37. The standard InChI is InChI=1S/C22H26F2N2OS/c23-22(24)12-18(13-22)25-14-17-10-11-28-21(15-26-17)16-6-8-20(9-7-16)27-19-4-2-1-3-5-19/h1-9,17-18,21,25-26H,10-15H2/t17-,21-/m0/s1. The van der Waals surface area contributed by atoms with E-state index in [1.165, 1.54) is 5.56 Å². The Bertz CT molecular complexity index is 749. The first-order valence-electron chi connectivity index (χ1n) is 9.86. The lowest BCUT2D eigenvalue weighted by molar-refractivity contribution is -0.0928. The molecule has 1 aliphatic carbocycles. The summed E-state index contributed by atoms with van der Waals surface area (Å²) in [5, 5.41) is 7.29. The van der Waals surface area contributed by atoms with Crippen molar-refractivity contribution in [1.82, 2.24) is 10.6 Å². The van der Waals surface area contributed by atoms with Gasteiger partial charge in [0.05, 0.1) is 0 Å². The highest BCUT2D eigenvalue weighted by atomic mass is 32.2. The van der Waals surface area contributed by atoms with Gasteiger partial charge in [0.15, 0.2) is 0 Å². The second-order valence-corrected chi connectivity index (χ2v) is 8.92. The molecule has 2 aliphatic rings. The van der Waals surface area contributed by atoms with Crippen molar-refractivity contribution in [3.8, 4) is 11.5 Å². The average Bonchev–Trinajstić information content (AvgIpc) is 2.92. The molecule has 3 nitrogen and oxygen atoms in total. The van der Waals surface area contributed by atoms with Gasteiger partial charge in [-0.1, -0.05) is 30.3 Å². The molecule has 4 rings (SSSR count). The summed E-state index contributed by atoms with van der Waals surface area (Å²) in [6, 6.07) is 18.4. The van der Waals surface area contributed by atoms with Crippen LogP contribution in [0.4, 0.5) is 8.78 Å². The Morgan fingerprint density at radius 2 is 1.75 bits per heavy atom. The monoisotopic (exact) mass is 404 g/mol. The summed E-state index contributed by atoms with van der Waals surface area (Å²) in [5.41, 5.74) is 1.28. The first kappa shape index (κ1) is 19.7. The summed E-state index contributed by atoms with van der Waals surface area (Å²) in [6.45, 7) is 1.65. The van der Waals surface area contributed by atoms with E-state index in [0.29, 0.717) is 11.3 Å². The van der Waals surface area contributed by atoms with Gasteiger partial charge in [-0.3, -0.25) is 0 Å². The van der Waals surface area contributed by atoms with Gasteiger partial charge in [-0.15, -0.1) is 0 Å². The van der Waals surface area contributed by atoms with Crippen molar-refractivity contribution in [2.24, 2.45) is 0 Å². The van der Waals surface area contributed by atoms with Gasteiger partial charge in [-0.2, -0.15) is 11.8 Å². The van der Waals surface area contributed by atoms with E-state index in [2.05, 4.69) is 22.8 Å². The van der Waals surface area contributed by atoms with Crippen molar-refractivity contribution in [2.45, 2.75) is 42.5 Å². The van der Waals surface area contributed by atoms with Crippen molar-refractivity contribution in [3.05, 3.63) is 60.2 Å². The van der Waals surface area contributed by atoms with E-state index in [1.807, 2.05) is 54.2 Å². The topological polar surface area (TPSA) is 33.3 Å². The molecule has 0 amide bonds. The van der Waals surface area contributed by atoms with Crippen molar-refractivity contribution >= 4 is 11.8 Å². The smallest absolute Gasteiger partial charge is 0.251 e. The number of benzene rings is 2. The van der Waals surface area contributed by atoms with Gasteiger partial charge in [0.1, 0.15) is 11.5 Å². The second-order valence-electron chi connectivity index (χ2n) is 7.61. The summed E-state index contributed by atoms with van der Waals surface area (Å²) in [5.74, 6) is 0.278. The molecule has 28 heavy (non-hydrogen) atoms. The molecule has 0 radical (unpaired) electrons. The number of thioether (sulfide) groups is 1. The SMILES string of the molecule is FC1(F)CC(NC[C@@H]2CCS[C@H](c3ccc(Oc4ccccc4)cc3)CN2)C1. The Kier molecular flexibility index (Phi) is 6.19. The molecule has 2 aromatic carbocycles. The van der Waals surface area contributed by atoms with Gasteiger partial charge in [0.2, 0.25) is 0 Å². The fourth-order valence-electron chi connectivity index (χ4n) is 3.67. The normalized spacial score (nSPS) is 24.9. The quantitative estimate of drug-likeness (QED) is 0.710. The molecule has 1 aliphatic heterocycles. The lowest BCUT2D eigenvalue weighted by Crippen LogP contribution is -2.52. The first-order chi connectivity index (χ1) is 13.6. The lowest BCUT2D eigenvalue weighted by atomic mass is 9.88. The van der Waals surface area contributed by atoms with E-state index >= 15 is 0 Å². The number of rotatable bonds is 6. The highest BCUT2D eigenvalue weighted by Gasteiger charge is 2.45. The number of halogens is 2. The molecule has 1 saturated heterocycles. The van der Waals surface area contributed by atoms with Crippen molar-refractivity contribution in [3.63, 3.8) is 0 Å². The highest BCUT2D eigenvalue weighted by molar-refractivity contribution is 7.99. The molecule has 2 N–H and O–H groups in total. The van der Waals surface area contributed by atoms with Crippen LogP contribution in [0.1, 0.15) is 30.1 Å². The zero-order chi connectivity index (χ0) is 19.4. The van der Waals surface area contributed by atoms with Gasteiger partial charge in [0.25, 0.3) is 5.92 Å². The van der Waals surface area contributed by atoms with E-state index < -0.39 is 5.92 Å². The summed E-state index contributed by atoms with van der Waals surface area (Å²) < 4.78 is 31.7. The summed E-state index contributed by atoms with van der Waals surface area (Å²) in [7, 11) is 0.